The molecule has 0 radical (unpaired) electrons. The molecule has 0 saturated carbocycles. The Kier molecular flexibility index (Phi) is 2.79. The van der Waals surface area contributed by atoms with Crippen LogP contribution in [-0.4, -0.2) is 8.42 Å². The van der Waals surface area contributed by atoms with Crippen LogP contribution in [0.3, 0.4) is 0 Å². The summed E-state index contributed by atoms with van der Waals surface area (Å²) < 4.78 is 59.6. The summed E-state index contributed by atoms with van der Waals surface area (Å²) in [5.74, 6) is 0.214. The first-order valence-electron chi connectivity index (χ1n) is 3.25. The minimum Gasteiger partial charge on any atom is -0.257 e. The summed E-state index contributed by atoms with van der Waals surface area (Å²) in [6, 6.07) is 0.333. The first-order chi connectivity index (χ1) is 6.38. The highest BCUT2D eigenvalue weighted by atomic mass is 32.2. The summed E-state index contributed by atoms with van der Waals surface area (Å²) in [7, 11) is -4.32. The largest absolute Gasteiger partial charge is 0.257 e. The van der Waals surface area contributed by atoms with Crippen molar-refractivity contribution in [1.82, 2.24) is 4.83 Å². The lowest BCUT2D eigenvalue weighted by atomic mass is 10.3. The quantitative estimate of drug-likeness (QED) is 0.431. The van der Waals surface area contributed by atoms with Crippen molar-refractivity contribution in [3.05, 3.63) is 29.6 Å². The number of hydrazine groups is 1. The highest BCUT2D eigenvalue weighted by Crippen LogP contribution is 2.17. The van der Waals surface area contributed by atoms with E-state index >= 15 is 0 Å². The van der Waals surface area contributed by atoms with Crippen molar-refractivity contribution < 1.29 is 21.6 Å². The van der Waals surface area contributed by atoms with Crippen molar-refractivity contribution in [3.8, 4) is 0 Å². The van der Waals surface area contributed by atoms with Crippen LogP contribution in [0.2, 0.25) is 0 Å². The topological polar surface area (TPSA) is 72.2 Å². The molecule has 8 heteroatoms. The van der Waals surface area contributed by atoms with Crippen LogP contribution in [-0.2, 0) is 10.0 Å². The molecule has 0 fully saturated rings. The maximum Gasteiger partial charge on any atom is 0.256 e. The molecule has 0 aliphatic rings. The van der Waals surface area contributed by atoms with Gasteiger partial charge < -0.3 is 0 Å². The van der Waals surface area contributed by atoms with Gasteiger partial charge in [0.25, 0.3) is 10.0 Å². The molecule has 0 aliphatic heterocycles. The standard InChI is InChI=1S/C6H5F3N2O2S/c7-3-1-5(9)6(2-4(3)8)14(12,13)11-10/h1-2,11H,10H2. The van der Waals surface area contributed by atoms with Gasteiger partial charge in [-0.25, -0.2) is 21.6 Å². The molecule has 0 saturated heterocycles. The van der Waals surface area contributed by atoms with E-state index in [0.717, 1.165) is 0 Å². The summed E-state index contributed by atoms with van der Waals surface area (Å²) in [6.07, 6.45) is 0. The first-order valence-corrected chi connectivity index (χ1v) is 4.74. The summed E-state index contributed by atoms with van der Waals surface area (Å²) in [4.78, 5) is 0.246. The average molecular weight is 226 g/mol. The lowest BCUT2D eigenvalue weighted by molar-refractivity contribution is 0.481. The van der Waals surface area contributed by atoms with Crippen molar-refractivity contribution in [2.75, 3.05) is 0 Å². The van der Waals surface area contributed by atoms with E-state index in [1.54, 1.807) is 0 Å². The molecule has 0 amide bonds. The third-order valence-corrected chi connectivity index (χ3v) is 2.62. The van der Waals surface area contributed by atoms with E-state index in [2.05, 4.69) is 5.84 Å². The Morgan fingerprint density at radius 1 is 1.07 bits per heavy atom. The van der Waals surface area contributed by atoms with Crippen LogP contribution in [0.15, 0.2) is 17.0 Å². The van der Waals surface area contributed by atoms with Crippen molar-refractivity contribution >= 4 is 10.0 Å². The lowest BCUT2D eigenvalue weighted by Gasteiger charge is -2.03. The Morgan fingerprint density at radius 3 is 2.07 bits per heavy atom. The molecule has 0 aromatic heterocycles. The first kappa shape index (κ1) is 11.0. The van der Waals surface area contributed by atoms with Crippen molar-refractivity contribution in [3.63, 3.8) is 0 Å². The lowest BCUT2D eigenvalue weighted by Crippen LogP contribution is -2.31. The van der Waals surface area contributed by atoms with Crippen LogP contribution < -0.4 is 10.7 Å². The fraction of sp³-hybridized carbons (Fsp3) is 0. The van der Waals surface area contributed by atoms with Crippen molar-refractivity contribution in [2.45, 2.75) is 4.90 Å². The molecule has 0 bridgehead atoms. The Balaban J connectivity index is 3.45. The molecule has 1 rings (SSSR count). The highest BCUT2D eigenvalue weighted by Gasteiger charge is 2.20. The van der Waals surface area contributed by atoms with Crippen molar-refractivity contribution in [2.24, 2.45) is 5.84 Å². The van der Waals surface area contributed by atoms with Gasteiger partial charge in [-0.1, -0.05) is 0 Å². The Bertz CT molecular complexity index is 460. The monoisotopic (exact) mass is 226 g/mol. The van der Waals surface area contributed by atoms with Crippen LogP contribution in [0.5, 0.6) is 0 Å². The second kappa shape index (κ2) is 3.56. The van der Waals surface area contributed by atoms with Crippen molar-refractivity contribution in [1.29, 1.82) is 0 Å². The Hall–Kier alpha value is -1.12. The second-order valence-corrected chi connectivity index (χ2v) is 4.00. The minimum absolute atomic E-state index is 0.125. The Morgan fingerprint density at radius 2 is 1.57 bits per heavy atom. The van der Waals surface area contributed by atoms with E-state index in [0.29, 0.717) is 0 Å². The van der Waals surface area contributed by atoms with E-state index in [1.165, 1.54) is 4.83 Å². The number of rotatable bonds is 2. The average Bonchev–Trinajstić information content (AvgIpc) is 2.11. The van der Waals surface area contributed by atoms with Crippen LogP contribution in [0.25, 0.3) is 0 Å². The predicted octanol–water partition coefficient (Wildman–Crippen LogP) is 0.256. The molecule has 3 N–H and O–H groups in total. The van der Waals surface area contributed by atoms with Gasteiger partial charge in [-0.2, -0.15) is 0 Å². The normalized spacial score (nSPS) is 11.7. The third-order valence-electron chi connectivity index (χ3n) is 1.42. The van der Waals surface area contributed by atoms with Gasteiger partial charge in [0.05, 0.1) is 0 Å². The van der Waals surface area contributed by atoms with Gasteiger partial charge in [-0.3, -0.25) is 5.84 Å². The molecule has 0 heterocycles. The zero-order valence-corrected chi connectivity index (χ0v) is 7.41. The fourth-order valence-electron chi connectivity index (χ4n) is 0.774. The zero-order valence-electron chi connectivity index (χ0n) is 6.59. The van der Waals surface area contributed by atoms with E-state index in [9.17, 15) is 21.6 Å². The maximum atomic E-state index is 12.8. The molecule has 0 aliphatic carbocycles. The molecular weight excluding hydrogens is 221 g/mol. The number of sulfonamides is 1. The molecule has 78 valence electrons. The number of benzene rings is 1. The van der Waals surface area contributed by atoms with Gasteiger partial charge in [-0.15, -0.1) is 4.83 Å². The minimum atomic E-state index is -4.32. The van der Waals surface area contributed by atoms with E-state index in [-0.39, 0.29) is 12.1 Å². The molecule has 14 heavy (non-hydrogen) atoms. The van der Waals surface area contributed by atoms with E-state index in [1.807, 2.05) is 0 Å². The Labute approximate surface area is 77.5 Å². The van der Waals surface area contributed by atoms with Gasteiger partial charge >= 0.3 is 0 Å². The predicted molar refractivity (Wildman–Crippen MR) is 40.8 cm³/mol. The summed E-state index contributed by atoms with van der Waals surface area (Å²) >= 11 is 0. The summed E-state index contributed by atoms with van der Waals surface area (Å²) in [6.45, 7) is 0. The molecule has 0 spiro atoms. The van der Waals surface area contributed by atoms with Gasteiger partial charge in [-0.05, 0) is 6.07 Å². The molecular formula is C6H5F3N2O2S. The van der Waals surface area contributed by atoms with Crippen LogP contribution >= 0.6 is 0 Å². The smallest absolute Gasteiger partial charge is 0.256 e. The van der Waals surface area contributed by atoms with Crippen LogP contribution in [0, 0.1) is 17.5 Å². The second-order valence-electron chi connectivity index (χ2n) is 2.32. The number of hydrogen-bond acceptors (Lipinski definition) is 3. The maximum absolute atomic E-state index is 12.8. The van der Waals surface area contributed by atoms with E-state index < -0.39 is 32.4 Å². The number of halogens is 3. The van der Waals surface area contributed by atoms with Gasteiger partial charge in [0.1, 0.15) is 10.7 Å². The third kappa shape index (κ3) is 1.86. The van der Waals surface area contributed by atoms with Gasteiger partial charge in [0.15, 0.2) is 11.6 Å². The SMILES string of the molecule is NNS(=O)(=O)c1cc(F)c(F)cc1F. The van der Waals surface area contributed by atoms with Gasteiger partial charge in [0.2, 0.25) is 0 Å². The van der Waals surface area contributed by atoms with Gasteiger partial charge in [0, 0.05) is 6.07 Å². The van der Waals surface area contributed by atoms with Crippen LogP contribution in [0.4, 0.5) is 13.2 Å². The molecule has 1 aromatic carbocycles. The number of nitrogens with one attached hydrogen (secondary N) is 1. The fourth-order valence-corrected chi connectivity index (χ4v) is 1.47. The number of hydrogen-bond donors (Lipinski definition) is 2. The summed E-state index contributed by atoms with van der Waals surface area (Å²) in [5, 5.41) is 0. The molecule has 4 nitrogen and oxygen atoms in total. The molecule has 1 aromatic rings. The zero-order chi connectivity index (χ0) is 10.9. The highest BCUT2D eigenvalue weighted by molar-refractivity contribution is 7.89. The molecule has 0 atom stereocenters. The molecule has 0 unspecified atom stereocenters. The number of nitrogens with two attached hydrogens (primary N) is 1. The van der Waals surface area contributed by atoms with Crippen LogP contribution in [0.1, 0.15) is 0 Å². The van der Waals surface area contributed by atoms with E-state index in [4.69, 9.17) is 0 Å². The summed E-state index contributed by atoms with van der Waals surface area (Å²) in [5.41, 5.74) is 0.